The molecule has 14 heteroatoms. The fourth-order valence-corrected chi connectivity index (χ4v) is 9.54. The first-order chi connectivity index (χ1) is 23.1. The molecule has 0 aromatic heterocycles. The van der Waals surface area contributed by atoms with Crippen LogP contribution >= 0.6 is 11.8 Å². The summed E-state index contributed by atoms with van der Waals surface area (Å²) in [6.07, 6.45) is -0.0314. The second kappa shape index (κ2) is 12.4. The standard InChI is InChI=1S/C34H37N3O10S/c1-6-7-22(39)47-21-12-48-33-25-24(32-31(44-13-45-32)15(3)30(25)46-16(4)38)20(11-43-34(21)41)37-19(10-35)18-9-17-8-14(2)29(42-5)28(40)23(17)26(36-18)27(33)37/h8,18-21,26-27,33,36,40H,6-7,9,11-13H2,1-5H3/t18-,19+,20+,21+,26+,27?,33-/m1/s1. The minimum absolute atomic E-state index is 0.0110. The Kier molecular flexibility index (Phi) is 8.33. The fraction of sp³-hybridized carbons (Fsp3) is 0.529. The lowest BCUT2D eigenvalue weighted by molar-refractivity contribution is -0.168. The molecule has 2 saturated heterocycles. The summed E-state index contributed by atoms with van der Waals surface area (Å²) in [6, 6.07) is 1.65. The van der Waals surface area contributed by atoms with Crippen LogP contribution in [0.5, 0.6) is 28.7 Å². The summed E-state index contributed by atoms with van der Waals surface area (Å²) >= 11 is 1.33. The summed E-state index contributed by atoms with van der Waals surface area (Å²) in [6.45, 7) is 6.55. The van der Waals surface area contributed by atoms with Crippen LogP contribution < -0.4 is 24.3 Å². The Morgan fingerprint density at radius 1 is 1.17 bits per heavy atom. The van der Waals surface area contributed by atoms with Crippen molar-refractivity contribution in [3.8, 4) is 34.8 Å². The normalized spacial score (nSPS) is 28.2. The maximum atomic E-state index is 13.5. The zero-order chi connectivity index (χ0) is 34.0. The predicted molar refractivity (Wildman–Crippen MR) is 170 cm³/mol. The maximum Gasteiger partial charge on any atom is 0.348 e. The number of hydrogen-bond donors (Lipinski definition) is 2. The largest absolute Gasteiger partial charge is 0.504 e. The van der Waals surface area contributed by atoms with E-state index in [0.29, 0.717) is 58.1 Å². The van der Waals surface area contributed by atoms with Crippen LogP contribution in [0.3, 0.4) is 0 Å². The van der Waals surface area contributed by atoms with Crippen molar-refractivity contribution in [3.63, 3.8) is 0 Å². The Morgan fingerprint density at radius 2 is 1.94 bits per heavy atom. The quantitative estimate of drug-likeness (QED) is 0.348. The number of esters is 3. The zero-order valence-electron chi connectivity index (χ0n) is 27.3. The average molecular weight is 680 g/mol. The molecule has 2 N–H and O–H groups in total. The molecule has 13 nitrogen and oxygen atoms in total. The smallest absolute Gasteiger partial charge is 0.348 e. The van der Waals surface area contributed by atoms with Crippen molar-refractivity contribution in [2.45, 2.75) is 88.5 Å². The Hall–Kier alpha value is -4.19. The first-order valence-electron chi connectivity index (χ1n) is 16.0. The molecular formula is C34H37N3O10S. The maximum absolute atomic E-state index is 13.5. The van der Waals surface area contributed by atoms with Crippen molar-refractivity contribution in [1.29, 1.82) is 5.26 Å². The number of nitriles is 1. The molecule has 2 aromatic carbocycles. The van der Waals surface area contributed by atoms with E-state index >= 15 is 0 Å². The average Bonchev–Trinajstić information content (AvgIpc) is 3.54. The third-order valence-corrected chi connectivity index (χ3v) is 11.2. The van der Waals surface area contributed by atoms with Gasteiger partial charge in [-0.05, 0) is 37.8 Å². The number of carbonyl (C=O) groups is 3. The summed E-state index contributed by atoms with van der Waals surface area (Å²) in [5.74, 6) is -0.194. The summed E-state index contributed by atoms with van der Waals surface area (Å²) in [7, 11) is 1.51. The highest BCUT2D eigenvalue weighted by Crippen LogP contribution is 2.62. The first kappa shape index (κ1) is 32.4. The number of thioether (sulfide) groups is 1. The molecule has 1 unspecified atom stereocenters. The lowest BCUT2D eigenvalue weighted by Crippen LogP contribution is -2.69. The fourth-order valence-electron chi connectivity index (χ4n) is 8.06. The highest BCUT2D eigenvalue weighted by Gasteiger charge is 2.59. The van der Waals surface area contributed by atoms with Gasteiger partial charge in [-0.3, -0.25) is 14.5 Å². The molecule has 6 heterocycles. The molecule has 6 aliphatic heterocycles. The van der Waals surface area contributed by atoms with Gasteiger partial charge in [0.05, 0.1) is 30.5 Å². The Labute approximate surface area is 281 Å². The van der Waals surface area contributed by atoms with E-state index in [4.69, 9.17) is 28.4 Å². The molecule has 0 amide bonds. The topological polar surface area (TPSA) is 166 Å². The number of ether oxygens (including phenoxy) is 6. The van der Waals surface area contributed by atoms with Crippen LogP contribution in [-0.2, 0) is 30.3 Å². The summed E-state index contributed by atoms with van der Waals surface area (Å²) in [5.41, 5.74) is 4.14. The van der Waals surface area contributed by atoms with Gasteiger partial charge in [-0.25, -0.2) is 4.79 Å². The number of benzene rings is 2. The number of phenolic OH excluding ortho intramolecular Hbond substituents is 1. The molecule has 8 rings (SSSR count). The van der Waals surface area contributed by atoms with E-state index < -0.39 is 53.4 Å². The van der Waals surface area contributed by atoms with Crippen LogP contribution in [0.2, 0.25) is 0 Å². The number of rotatable bonds is 5. The molecule has 254 valence electrons. The molecule has 0 spiro atoms. The van der Waals surface area contributed by atoms with Crippen molar-refractivity contribution in [1.82, 2.24) is 10.2 Å². The van der Waals surface area contributed by atoms with Crippen LogP contribution in [0.15, 0.2) is 6.07 Å². The lowest BCUT2D eigenvalue weighted by Gasteiger charge is -2.59. The summed E-state index contributed by atoms with van der Waals surface area (Å²) < 4.78 is 35.1. The number of aryl methyl sites for hydroxylation is 1. The molecule has 6 aliphatic rings. The molecule has 7 atom stereocenters. The van der Waals surface area contributed by atoms with E-state index in [9.17, 15) is 24.8 Å². The number of fused-ring (bicyclic) bond motifs is 10. The number of nitrogens with zero attached hydrogens (tertiary/aromatic N) is 2. The second-order valence-electron chi connectivity index (χ2n) is 12.7. The molecular weight excluding hydrogens is 642 g/mol. The highest BCUT2D eigenvalue weighted by molar-refractivity contribution is 7.99. The van der Waals surface area contributed by atoms with Gasteiger partial charge in [0.25, 0.3) is 0 Å². The van der Waals surface area contributed by atoms with E-state index in [0.717, 1.165) is 11.1 Å². The van der Waals surface area contributed by atoms with Crippen LogP contribution in [0.1, 0.15) is 77.4 Å². The van der Waals surface area contributed by atoms with Gasteiger partial charge >= 0.3 is 17.9 Å². The van der Waals surface area contributed by atoms with Crippen molar-refractivity contribution >= 4 is 29.7 Å². The molecule has 0 aliphatic carbocycles. The minimum Gasteiger partial charge on any atom is -0.504 e. The first-order valence-corrected chi connectivity index (χ1v) is 17.1. The number of piperazine rings is 1. The Balaban J connectivity index is 1.49. The number of hydrogen-bond acceptors (Lipinski definition) is 14. The van der Waals surface area contributed by atoms with Crippen molar-refractivity contribution in [2.75, 3.05) is 26.3 Å². The zero-order valence-corrected chi connectivity index (χ0v) is 28.1. The van der Waals surface area contributed by atoms with Gasteiger partial charge < -0.3 is 38.8 Å². The number of aromatic hydroxyl groups is 1. The Bertz CT molecular complexity index is 1760. The number of carbonyl (C=O) groups excluding carboxylic acids is 3. The van der Waals surface area contributed by atoms with Gasteiger partial charge in [0.2, 0.25) is 12.9 Å². The van der Waals surface area contributed by atoms with E-state index in [-0.39, 0.29) is 37.4 Å². The van der Waals surface area contributed by atoms with E-state index in [1.54, 1.807) is 6.92 Å². The third kappa shape index (κ3) is 4.93. The minimum atomic E-state index is -1.19. The number of methoxy groups -OCH3 is 1. The SMILES string of the molecule is CCCC(=O)O[C@H]1CS[C@@H]2c3c(OC(C)=O)c(C)c4c(c3[C@H](COC1=O)N1C2[C@H]2N[C@H](Cc3cc(C)c(OC)c(O)c32)[C@@H]1C#N)OCO4. The van der Waals surface area contributed by atoms with Gasteiger partial charge in [-0.15, -0.1) is 11.8 Å². The van der Waals surface area contributed by atoms with E-state index in [1.165, 1.54) is 25.8 Å². The lowest BCUT2D eigenvalue weighted by atomic mass is 9.72. The second-order valence-corrected chi connectivity index (χ2v) is 13.9. The molecule has 2 aromatic rings. The van der Waals surface area contributed by atoms with Crippen LogP contribution in [0.4, 0.5) is 0 Å². The van der Waals surface area contributed by atoms with Crippen molar-refractivity contribution in [2.24, 2.45) is 0 Å². The Morgan fingerprint density at radius 3 is 2.65 bits per heavy atom. The molecule has 48 heavy (non-hydrogen) atoms. The summed E-state index contributed by atoms with van der Waals surface area (Å²) in [5, 5.41) is 25.6. The van der Waals surface area contributed by atoms with Gasteiger partial charge in [0.1, 0.15) is 18.4 Å². The highest BCUT2D eigenvalue weighted by atomic mass is 32.2. The third-order valence-electron chi connectivity index (χ3n) is 9.84. The monoisotopic (exact) mass is 679 g/mol. The van der Waals surface area contributed by atoms with Gasteiger partial charge in [-0.2, -0.15) is 5.26 Å². The number of nitrogens with one attached hydrogen (secondary N) is 1. The van der Waals surface area contributed by atoms with Gasteiger partial charge in [-0.1, -0.05) is 13.0 Å². The van der Waals surface area contributed by atoms with E-state index in [2.05, 4.69) is 16.3 Å². The number of phenols is 1. The summed E-state index contributed by atoms with van der Waals surface area (Å²) in [4.78, 5) is 40.8. The molecule has 0 saturated carbocycles. The van der Waals surface area contributed by atoms with Crippen LogP contribution in [-0.4, -0.2) is 78.4 Å². The van der Waals surface area contributed by atoms with Crippen molar-refractivity contribution in [3.05, 3.63) is 39.4 Å². The predicted octanol–water partition coefficient (Wildman–Crippen LogP) is 3.60. The van der Waals surface area contributed by atoms with Crippen molar-refractivity contribution < 1.29 is 47.9 Å². The van der Waals surface area contributed by atoms with Gasteiger partial charge in [0.15, 0.2) is 23.0 Å². The molecule has 0 radical (unpaired) electrons. The van der Waals surface area contributed by atoms with Crippen LogP contribution in [0.25, 0.3) is 0 Å². The van der Waals surface area contributed by atoms with E-state index in [1.807, 2.05) is 19.9 Å². The molecule has 4 bridgehead atoms. The van der Waals surface area contributed by atoms with Crippen LogP contribution in [0, 0.1) is 25.2 Å². The molecule has 2 fully saturated rings. The van der Waals surface area contributed by atoms with Gasteiger partial charge in [0, 0.05) is 53.4 Å².